The van der Waals surface area contributed by atoms with Gasteiger partial charge in [0.25, 0.3) is 5.91 Å². The van der Waals surface area contributed by atoms with Crippen molar-refractivity contribution < 1.29 is 9.53 Å². The predicted molar refractivity (Wildman–Crippen MR) is 128 cm³/mol. The highest BCUT2D eigenvalue weighted by molar-refractivity contribution is 14.0. The summed E-state index contributed by atoms with van der Waals surface area (Å²) in [7, 11) is 0. The lowest BCUT2D eigenvalue weighted by molar-refractivity contribution is 0.0857. The summed E-state index contributed by atoms with van der Waals surface area (Å²) < 4.78 is 5.54. The van der Waals surface area contributed by atoms with E-state index in [1.165, 1.54) is 11.1 Å². The lowest BCUT2D eigenvalue weighted by Gasteiger charge is -2.11. The van der Waals surface area contributed by atoms with Crippen molar-refractivity contribution in [1.82, 2.24) is 5.32 Å². The highest BCUT2D eigenvalue weighted by atomic mass is 127. The van der Waals surface area contributed by atoms with Gasteiger partial charge in [0, 0.05) is 24.4 Å². The zero-order valence-electron chi connectivity index (χ0n) is 16.9. The Bertz CT molecular complexity index is 864. The van der Waals surface area contributed by atoms with Gasteiger partial charge in [0.1, 0.15) is 0 Å². The van der Waals surface area contributed by atoms with Gasteiger partial charge in [0.05, 0.1) is 12.6 Å². The fourth-order valence-electron chi connectivity index (χ4n) is 3.11. The van der Waals surface area contributed by atoms with E-state index in [2.05, 4.69) is 29.5 Å². The zero-order chi connectivity index (χ0) is 19.9. The van der Waals surface area contributed by atoms with E-state index in [9.17, 15) is 4.79 Å². The van der Waals surface area contributed by atoms with Crippen molar-refractivity contribution in [2.45, 2.75) is 39.3 Å². The fraction of sp³-hybridized carbons (Fsp3) is 0.364. The van der Waals surface area contributed by atoms with E-state index >= 15 is 0 Å². The summed E-state index contributed by atoms with van der Waals surface area (Å²) >= 11 is 0. The molecule has 1 aliphatic heterocycles. The minimum atomic E-state index is -0.0949. The zero-order valence-corrected chi connectivity index (χ0v) is 19.2. The third kappa shape index (κ3) is 7.01. The number of anilines is 1. The molecule has 1 fully saturated rings. The SMILES string of the molecule is Cc1ccc(NC(N)=NCc2cccc(C(=O)NCC3CCCO3)c2)cc1C.I. The molecule has 0 radical (unpaired) electrons. The van der Waals surface area contributed by atoms with Crippen LogP contribution in [0.2, 0.25) is 0 Å². The van der Waals surface area contributed by atoms with Gasteiger partial charge in [-0.15, -0.1) is 24.0 Å². The first kappa shape index (κ1) is 23.2. The summed E-state index contributed by atoms with van der Waals surface area (Å²) in [6.45, 7) is 5.86. The summed E-state index contributed by atoms with van der Waals surface area (Å²) in [6.07, 6.45) is 2.20. The Kier molecular flexibility index (Phi) is 8.91. The molecule has 1 heterocycles. The largest absolute Gasteiger partial charge is 0.376 e. The van der Waals surface area contributed by atoms with Crippen LogP contribution in [0.1, 0.15) is 39.9 Å². The van der Waals surface area contributed by atoms with Crippen molar-refractivity contribution in [3.63, 3.8) is 0 Å². The molecule has 0 aromatic heterocycles. The van der Waals surface area contributed by atoms with E-state index in [1.807, 2.05) is 36.4 Å². The summed E-state index contributed by atoms with van der Waals surface area (Å²) in [4.78, 5) is 16.7. The van der Waals surface area contributed by atoms with Crippen LogP contribution in [0.25, 0.3) is 0 Å². The molecule has 29 heavy (non-hydrogen) atoms. The maximum atomic E-state index is 12.4. The molecule has 2 aromatic carbocycles. The number of halogens is 1. The third-order valence-electron chi connectivity index (χ3n) is 4.91. The molecular weight excluding hydrogens is 479 g/mol. The Morgan fingerprint density at radius 2 is 2.03 bits per heavy atom. The quantitative estimate of drug-likeness (QED) is 0.315. The number of nitrogens with zero attached hydrogens (tertiary/aromatic N) is 1. The van der Waals surface area contributed by atoms with Gasteiger partial charge in [-0.2, -0.15) is 0 Å². The normalized spacial score (nSPS) is 16.2. The van der Waals surface area contributed by atoms with Crippen molar-refractivity contribution in [2.24, 2.45) is 10.7 Å². The summed E-state index contributed by atoms with van der Waals surface area (Å²) in [6, 6.07) is 13.5. The maximum Gasteiger partial charge on any atom is 0.251 e. The average Bonchev–Trinajstić information content (AvgIpc) is 3.21. The molecule has 1 unspecified atom stereocenters. The first-order chi connectivity index (χ1) is 13.5. The second-order valence-corrected chi connectivity index (χ2v) is 7.17. The van der Waals surface area contributed by atoms with Gasteiger partial charge in [0.15, 0.2) is 5.96 Å². The number of ether oxygens (including phenoxy) is 1. The number of aliphatic imine (C=N–C) groups is 1. The molecule has 0 aliphatic carbocycles. The van der Waals surface area contributed by atoms with Gasteiger partial charge in [-0.1, -0.05) is 18.2 Å². The van der Waals surface area contributed by atoms with Gasteiger partial charge in [-0.05, 0) is 67.6 Å². The molecule has 156 valence electrons. The van der Waals surface area contributed by atoms with Crippen LogP contribution in [0.4, 0.5) is 5.69 Å². The number of hydrogen-bond acceptors (Lipinski definition) is 3. The third-order valence-corrected chi connectivity index (χ3v) is 4.91. The van der Waals surface area contributed by atoms with Crippen LogP contribution in [-0.4, -0.2) is 31.1 Å². The number of nitrogens with two attached hydrogens (primary N) is 1. The summed E-state index contributed by atoms with van der Waals surface area (Å²) in [5, 5.41) is 6.04. The van der Waals surface area contributed by atoms with E-state index in [0.29, 0.717) is 24.6 Å². The average molecular weight is 508 g/mol. The molecule has 1 amide bonds. The highest BCUT2D eigenvalue weighted by Crippen LogP contribution is 2.14. The molecule has 1 atom stereocenters. The number of aryl methyl sites for hydroxylation is 2. The maximum absolute atomic E-state index is 12.4. The standard InChI is InChI=1S/C22H28N4O2.HI/c1-15-8-9-19(11-16(15)2)26-22(23)25-13-17-5-3-6-18(12-17)21(27)24-14-20-7-4-10-28-20;/h3,5-6,8-9,11-12,20H,4,7,10,13-14H2,1-2H3,(H,24,27)(H3,23,25,26);1H. The van der Waals surface area contributed by atoms with Crippen LogP contribution < -0.4 is 16.4 Å². The van der Waals surface area contributed by atoms with Crippen LogP contribution in [-0.2, 0) is 11.3 Å². The van der Waals surface area contributed by atoms with Crippen molar-refractivity contribution in [3.8, 4) is 0 Å². The minimum absolute atomic E-state index is 0. The van der Waals surface area contributed by atoms with Crippen molar-refractivity contribution in [2.75, 3.05) is 18.5 Å². The molecule has 2 aromatic rings. The molecular formula is C22H29IN4O2. The summed E-state index contributed by atoms with van der Waals surface area (Å²) in [5.74, 6) is 0.249. The number of carbonyl (C=O) groups is 1. The Balaban J connectivity index is 0.00000300. The predicted octanol–water partition coefficient (Wildman–Crippen LogP) is 3.76. The number of benzene rings is 2. The molecule has 7 heteroatoms. The minimum Gasteiger partial charge on any atom is -0.376 e. The number of nitrogens with one attached hydrogen (secondary N) is 2. The Morgan fingerprint density at radius 1 is 1.21 bits per heavy atom. The van der Waals surface area contributed by atoms with Crippen LogP contribution >= 0.6 is 24.0 Å². The smallest absolute Gasteiger partial charge is 0.251 e. The highest BCUT2D eigenvalue weighted by Gasteiger charge is 2.16. The van der Waals surface area contributed by atoms with Crippen LogP contribution in [0.3, 0.4) is 0 Å². The second kappa shape index (κ2) is 11.2. The Hall–Kier alpha value is -2.13. The fourth-order valence-corrected chi connectivity index (χ4v) is 3.11. The molecule has 3 rings (SSSR count). The number of guanidine groups is 1. The van der Waals surface area contributed by atoms with Crippen LogP contribution in [0.15, 0.2) is 47.5 Å². The molecule has 0 spiro atoms. The lowest BCUT2D eigenvalue weighted by Crippen LogP contribution is -2.31. The van der Waals surface area contributed by atoms with Crippen molar-refractivity contribution in [3.05, 3.63) is 64.7 Å². The monoisotopic (exact) mass is 508 g/mol. The molecule has 1 saturated heterocycles. The van der Waals surface area contributed by atoms with Crippen molar-refractivity contribution >= 4 is 41.5 Å². The number of carbonyl (C=O) groups excluding carboxylic acids is 1. The van der Waals surface area contributed by atoms with E-state index < -0.39 is 0 Å². The van der Waals surface area contributed by atoms with Gasteiger partial charge in [0.2, 0.25) is 0 Å². The molecule has 0 saturated carbocycles. The van der Waals surface area contributed by atoms with Gasteiger partial charge >= 0.3 is 0 Å². The molecule has 6 nitrogen and oxygen atoms in total. The summed E-state index contributed by atoms with van der Waals surface area (Å²) in [5.41, 5.74) is 10.9. The van der Waals surface area contributed by atoms with Crippen LogP contribution in [0.5, 0.6) is 0 Å². The topological polar surface area (TPSA) is 88.7 Å². The molecule has 4 N–H and O–H groups in total. The van der Waals surface area contributed by atoms with E-state index in [4.69, 9.17) is 10.5 Å². The van der Waals surface area contributed by atoms with Gasteiger partial charge in [-0.3, -0.25) is 4.79 Å². The van der Waals surface area contributed by atoms with Gasteiger partial charge < -0.3 is 21.1 Å². The number of hydrogen-bond donors (Lipinski definition) is 3. The van der Waals surface area contributed by atoms with Crippen molar-refractivity contribution in [1.29, 1.82) is 0 Å². The van der Waals surface area contributed by atoms with E-state index in [1.54, 1.807) is 6.07 Å². The van der Waals surface area contributed by atoms with Gasteiger partial charge in [-0.25, -0.2) is 4.99 Å². The molecule has 0 bridgehead atoms. The first-order valence-electron chi connectivity index (χ1n) is 9.64. The second-order valence-electron chi connectivity index (χ2n) is 7.17. The molecule has 1 aliphatic rings. The van der Waals surface area contributed by atoms with E-state index in [0.717, 1.165) is 30.7 Å². The Labute approximate surface area is 189 Å². The number of rotatable bonds is 6. The lowest BCUT2D eigenvalue weighted by atomic mass is 10.1. The van der Waals surface area contributed by atoms with Crippen LogP contribution in [0, 0.1) is 13.8 Å². The number of amides is 1. The van der Waals surface area contributed by atoms with E-state index in [-0.39, 0.29) is 36.0 Å². The Morgan fingerprint density at radius 3 is 2.76 bits per heavy atom. The first-order valence-corrected chi connectivity index (χ1v) is 9.64.